The summed E-state index contributed by atoms with van der Waals surface area (Å²) >= 11 is 0. The third-order valence-electron chi connectivity index (χ3n) is 3.30. The van der Waals surface area contributed by atoms with Gasteiger partial charge in [0, 0.05) is 30.9 Å². The number of imidazole rings is 1. The van der Waals surface area contributed by atoms with Crippen LogP contribution >= 0.6 is 0 Å². The molecule has 0 radical (unpaired) electrons. The van der Waals surface area contributed by atoms with Crippen LogP contribution in [-0.4, -0.2) is 16.5 Å². The summed E-state index contributed by atoms with van der Waals surface area (Å²) in [6.45, 7) is 7.48. The molecular weight excluding hydrogens is 222 g/mol. The maximum absolute atomic E-state index is 4.02. The molecule has 0 spiro atoms. The Morgan fingerprint density at radius 3 is 2.89 bits per heavy atom. The van der Waals surface area contributed by atoms with E-state index < -0.39 is 0 Å². The predicted molar refractivity (Wildman–Crippen MR) is 74.6 cm³/mol. The van der Waals surface area contributed by atoms with Gasteiger partial charge < -0.3 is 10.3 Å². The fourth-order valence-corrected chi connectivity index (χ4v) is 2.18. The van der Waals surface area contributed by atoms with E-state index in [9.17, 15) is 0 Å². The van der Waals surface area contributed by atoms with Crippen LogP contribution in [0.3, 0.4) is 0 Å². The van der Waals surface area contributed by atoms with Gasteiger partial charge in [0.25, 0.3) is 0 Å². The van der Waals surface area contributed by atoms with Crippen molar-refractivity contribution in [3.8, 4) is 0 Å². The first kappa shape index (κ1) is 12.8. The lowest BCUT2D eigenvalue weighted by atomic mass is 10.00. The van der Waals surface area contributed by atoms with Crippen molar-refractivity contribution in [3.63, 3.8) is 0 Å². The number of aryl methyl sites for hydroxylation is 2. The highest BCUT2D eigenvalue weighted by atomic mass is 14.9. The molecule has 1 heterocycles. The number of aromatic amines is 1. The molecule has 96 valence electrons. The van der Waals surface area contributed by atoms with E-state index in [1.54, 1.807) is 6.33 Å². The molecular formula is C15H21N3. The normalized spacial score (nSPS) is 12.6. The van der Waals surface area contributed by atoms with Crippen LogP contribution < -0.4 is 5.32 Å². The third kappa shape index (κ3) is 3.20. The number of benzene rings is 1. The van der Waals surface area contributed by atoms with Crippen LogP contribution in [0.25, 0.3) is 0 Å². The molecule has 0 saturated carbocycles. The Balaban J connectivity index is 1.91. The standard InChI is InChI=1S/C15H21N3/c1-11-4-5-12(2)15(8-11)13(3)17-7-6-14-9-16-10-18-14/h4-5,8-10,13,17H,6-7H2,1-3H3,(H,16,18). The SMILES string of the molecule is Cc1ccc(C)c(C(C)NCCc2cnc[nH]2)c1. The molecule has 18 heavy (non-hydrogen) atoms. The number of nitrogens with zero attached hydrogens (tertiary/aromatic N) is 1. The highest BCUT2D eigenvalue weighted by molar-refractivity contribution is 5.32. The smallest absolute Gasteiger partial charge is 0.0921 e. The van der Waals surface area contributed by atoms with Gasteiger partial charge in [-0.15, -0.1) is 0 Å². The molecule has 0 saturated heterocycles. The number of hydrogen-bond acceptors (Lipinski definition) is 2. The van der Waals surface area contributed by atoms with Crippen LogP contribution in [-0.2, 0) is 6.42 Å². The van der Waals surface area contributed by atoms with Gasteiger partial charge in [0.15, 0.2) is 0 Å². The molecule has 3 heteroatoms. The molecule has 2 N–H and O–H groups in total. The second kappa shape index (κ2) is 5.83. The fourth-order valence-electron chi connectivity index (χ4n) is 2.18. The molecule has 3 nitrogen and oxygen atoms in total. The van der Waals surface area contributed by atoms with Gasteiger partial charge >= 0.3 is 0 Å². The maximum Gasteiger partial charge on any atom is 0.0921 e. The van der Waals surface area contributed by atoms with Gasteiger partial charge in [-0.2, -0.15) is 0 Å². The van der Waals surface area contributed by atoms with E-state index in [0.717, 1.165) is 13.0 Å². The third-order valence-corrected chi connectivity index (χ3v) is 3.30. The van der Waals surface area contributed by atoms with E-state index in [2.05, 4.69) is 54.3 Å². The van der Waals surface area contributed by atoms with Crippen molar-refractivity contribution in [2.24, 2.45) is 0 Å². The Kier molecular flexibility index (Phi) is 4.15. The first-order chi connectivity index (χ1) is 8.66. The lowest BCUT2D eigenvalue weighted by molar-refractivity contribution is 0.572. The van der Waals surface area contributed by atoms with Crippen molar-refractivity contribution in [1.29, 1.82) is 0 Å². The lowest BCUT2D eigenvalue weighted by Gasteiger charge is -2.17. The Morgan fingerprint density at radius 2 is 2.17 bits per heavy atom. The molecule has 1 unspecified atom stereocenters. The first-order valence-corrected chi connectivity index (χ1v) is 6.44. The predicted octanol–water partition coefficient (Wildman–Crippen LogP) is 2.92. The number of nitrogens with one attached hydrogen (secondary N) is 2. The van der Waals surface area contributed by atoms with Gasteiger partial charge in [0.05, 0.1) is 6.33 Å². The van der Waals surface area contributed by atoms with E-state index in [0.29, 0.717) is 6.04 Å². The molecule has 2 aromatic rings. The molecule has 1 atom stereocenters. The van der Waals surface area contributed by atoms with Gasteiger partial charge in [0.1, 0.15) is 0 Å². The zero-order valence-corrected chi connectivity index (χ0v) is 11.3. The van der Waals surface area contributed by atoms with Gasteiger partial charge in [0.2, 0.25) is 0 Å². The van der Waals surface area contributed by atoms with E-state index in [4.69, 9.17) is 0 Å². The van der Waals surface area contributed by atoms with Gasteiger partial charge in [-0.25, -0.2) is 4.98 Å². The summed E-state index contributed by atoms with van der Waals surface area (Å²) in [5.41, 5.74) is 5.23. The van der Waals surface area contributed by atoms with E-state index in [-0.39, 0.29) is 0 Å². The van der Waals surface area contributed by atoms with Gasteiger partial charge in [-0.05, 0) is 31.9 Å². The summed E-state index contributed by atoms with van der Waals surface area (Å²) in [5, 5.41) is 3.56. The van der Waals surface area contributed by atoms with Crippen molar-refractivity contribution < 1.29 is 0 Å². The highest BCUT2D eigenvalue weighted by Gasteiger charge is 2.07. The van der Waals surface area contributed by atoms with Gasteiger partial charge in [-0.3, -0.25) is 0 Å². The molecule has 0 aliphatic rings. The van der Waals surface area contributed by atoms with Crippen LogP contribution in [0, 0.1) is 13.8 Å². The summed E-state index contributed by atoms with van der Waals surface area (Å²) in [5.74, 6) is 0. The van der Waals surface area contributed by atoms with Crippen LogP contribution in [0.1, 0.15) is 35.3 Å². The molecule has 0 bridgehead atoms. The van der Waals surface area contributed by atoms with Crippen molar-refractivity contribution in [2.45, 2.75) is 33.2 Å². The second-order valence-electron chi connectivity index (χ2n) is 4.86. The summed E-state index contributed by atoms with van der Waals surface area (Å²) in [4.78, 5) is 7.14. The van der Waals surface area contributed by atoms with E-state index >= 15 is 0 Å². The zero-order chi connectivity index (χ0) is 13.0. The van der Waals surface area contributed by atoms with E-state index in [1.165, 1.54) is 22.4 Å². The van der Waals surface area contributed by atoms with E-state index in [1.807, 2.05) is 6.20 Å². The minimum Gasteiger partial charge on any atom is -0.348 e. The van der Waals surface area contributed by atoms with Crippen LogP contribution in [0.15, 0.2) is 30.7 Å². The van der Waals surface area contributed by atoms with Crippen LogP contribution in [0.2, 0.25) is 0 Å². The van der Waals surface area contributed by atoms with Crippen molar-refractivity contribution in [2.75, 3.05) is 6.54 Å². The Bertz CT molecular complexity index is 488. The quantitative estimate of drug-likeness (QED) is 0.847. The summed E-state index contributed by atoms with van der Waals surface area (Å²) in [6.07, 6.45) is 4.59. The Labute approximate surface area is 109 Å². The summed E-state index contributed by atoms with van der Waals surface area (Å²) in [7, 11) is 0. The first-order valence-electron chi connectivity index (χ1n) is 6.44. The number of aromatic nitrogens is 2. The molecule has 1 aromatic carbocycles. The van der Waals surface area contributed by atoms with Crippen LogP contribution in [0.5, 0.6) is 0 Å². The molecule has 1 aromatic heterocycles. The second-order valence-corrected chi connectivity index (χ2v) is 4.86. The highest BCUT2D eigenvalue weighted by Crippen LogP contribution is 2.18. The molecule has 0 aliphatic heterocycles. The molecule has 0 amide bonds. The average molecular weight is 243 g/mol. The fraction of sp³-hybridized carbons (Fsp3) is 0.400. The summed E-state index contributed by atoms with van der Waals surface area (Å²) in [6, 6.07) is 7.00. The largest absolute Gasteiger partial charge is 0.348 e. The molecule has 0 aliphatic carbocycles. The number of hydrogen-bond donors (Lipinski definition) is 2. The van der Waals surface area contributed by atoms with Crippen molar-refractivity contribution in [3.05, 3.63) is 53.1 Å². The minimum absolute atomic E-state index is 0.382. The van der Waals surface area contributed by atoms with Crippen LogP contribution in [0.4, 0.5) is 0 Å². The average Bonchev–Trinajstić information content (AvgIpc) is 2.85. The number of rotatable bonds is 5. The van der Waals surface area contributed by atoms with Crippen molar-refractivity contribution >= 4 is 0 Å². The monoisotopic (exact) mass is 243 g/mol. The molecule has 0 fully saturated rings. The van der Waals surface area contributed by atoms with Gasteiger partial charge in [-0.1, -0.05) is 23.8 Å². The zero-order valence-electron chi connectivity index (χ0n) is 11.3. The number of H-pyrrole nitrogens is 1. The molecule has 2 rings (SSSR count). The lowest BCUT2D eigenvalue weighted by Crippen LogP contribution is -2.22. The summed E-state index contributed by atoms with van der Waals surface area (Å²) < 4.78 is 0. The van der Waals surface area contributed by atoms with Crippen molar-refractivity contribution in [1.82, 2.24) is 15.3 Å². The Hall–Kier alpha value is -1.61. The minimum atomic E-state index is 0.382. The maximum atomic E-state index is 4.02. The topological polar surface area (TPSA) is 40.7 Å². The Morgan fingerprint density at radius 1 is 1.33 bits per heavy atom.